The first-order valence-corrected chi connectivity index (χ1v) is 15.8. The number of aromatic nitrogens is 3. The highest BCUT2D eigenvalue weighted by Crippen LogP contribution is 2.68. The lowest BCUT2D eigenvalue weighted by Gasteiger charge is -2.61. The van der Waals surface area contributed by atoms with Crippen molar-refractivity contribution >= 4 is 47.0 Å². The summed E-state index contributed by atoms with van der Waals surface area (Å²) in [5, 5.41) is 16.5. The van der Waals surface area contributed by atoms with Crippen molar-refractivity contribution in [2.45, 2.75) is 77.2 Å². The molecule has 11 heteroatoms. The lowest BCUT2D eigenvalue weighted by atomic mass is 9.44. The molecule has 1 heterocycles. The van der Waals surface area contributed by atoms with Crippen molar-refractivity contribution in [3.8, 4) is 0 Å². The number of aliphatic hydroxyl groups is 1. The Kier molecular flexibility index (Phi) is 8.13. The monoisotopic (exact) mass is 614 g/mol. The van der Waals surface area contributed by atoms with E-state index in [4.69, 9.17) is 22.1 Å². The molecule has 5 rings (SSSR count). The van der Waals surface area contributed by atoms with Crippen molar-refractivity contribution in [2.24, 2.45) is 34.0 Å². The SMILES string of the molecule is C=C[C@]1(C)C[C@@H](OC(=O)CSc2nc(N)n(C(=O)c3ccc(Cl)cc3)n2)[C@]2(C)[C@H](C)CC[C@]3(CCC(=O)[C@H]32)[C@@H](C)[C@@H]1O. The molecule has 0 amide bonds. The zero-order valence-electron chi connectivity index (χ0n) is 24.5. The Morgan fingerprint density at radius 2 is 1.95 bits per heavy atom. The Balaban J connectivity index is 1.38. The summed E-state index contributed by atoms with van der Waals surface area (Å²) in [7, 11) is 0. The van der Waals surface area contributed by atoms with Crippen molar-refractivity contribution < 1.29 is 24.2 Å². The van der Waals surface area contributed by atoms with Crippen molar-refractivity contribution in [1.29, 1.82) is 0 Å². The number of nitrogens with zero attached hydrogens (tertiary/aromatic N) is 3. The highest BCUT2D eigenvalue weighted by molar-refractivity contribution is 7.99. The third kappa shape index (κ3) is 4.89. The van der Waals surface area contributed by atoms with Crippen molar-refractivity contribution in [2.75, 3.05) is 11.5 Å². The van der Waals surface area contributed by atoms with E-state index in [1.54, 1.807) is 30.3 Å². The number of nitrogen functional groups attached to an aromatic ring is 1. The summed E-state index contributed by atoms with van der Waals surface area (Å²) < 4.78 is 7.25. The van der Waals surface area contributed by atoms with Gasteiger partial charge in [-0.2, -0.15) is 9.67 Å². The number of esters is 1. The zero-order valence-corrected chi connectivity index (χ0v) is 26.1. The smallest absolute Gasteiger partial charge is 0.316 e. The van der Waals surface area contributed by atoms with Gasteiger partial charge in [-0.3, -0.25) is 14.4 Å². The number of halogens is 1. The van der Waals surface area contributed by atoms with Crippen LogP contribution in [-0.2, 0) is 14.3 Å². The topological polar surface area (TPSA) is 137 Å². The molecule has 3 saturated carbocycles. The number of benzene rings is 1. The van der Waals surface area contributed by atoms with Gasteiger partial charge in [0.15, 0.2) is 0 Å². The molecule has 1 aromatic carbocycles. The molecule has 3 fully saturated rings. The summed E-state index contributed by atoms with van der Waals surface area (Å²) in [6.45, 7) is 12.3. The van der Waals surface area contributed by atoms with E-state index in [-0.39, 0.29) is 45.8 Å². The van der Waals surface area contributed by atoms with Crippen LogP contribution in [0.25, 0.3) is 0 Å². The van der Waals surface area contributed by atoms with E-state index in [9.17, 15) is 19.5 Å². The number of carbonyl (C=O) groups excluding carboxylic acids is 3. The van der Waals surface area contributed by atoms with Crippen LogP contribution in [-0.4, -0.2) is 55.5 Å². The second-order valence-corrected chi connectivity index (χ2v) is 14.2. The normalized spacial score (nSPS) is 36.0. The number of rotatable bonds is 6. The molecule has 9 nitrogen and oxygen atoms in total. The molecule has 3 aliphatic rings. The van der Waals surface area contributed by atoms with Gasteiger partial charge >= 0.3 is 5.97 Å². The third-order valence-electron chi connectivity index (χ3n) is 10.8. The summed E-state index contributed by atoms with van der Waals surface area (Å²) in [4.78, 5) is 44.0. The van der Waals surface area contributed by atoms with Gasteiger partial charge in [-0.15, -0.1) is 11.7 Å². The van der Waals surface area contributed by atoms with Crippen LogP contribution in [0.2, 0.25) is 5.02 Å². The fraction of sp³-hybridized carbons (Fsp3) is 0.581. The molecule has 0 saturated heterocycles. The molecule has 3 N–H and O–H groups in total. The number of ketones is 1. The first kappa shape index (κ1) is 30.8. The fourth-order valence-electron chi connectivity index (χ4n) is 8.05. The largest absolute Gasteiger partial charge is 0.461 e. The average molecular weight is 615 g/mol. The highest BCUT2D eigenvalue weighted by Gasteiger charge is 2.68. The number of aliphatic hydroxyl groups excluding tert-OH is 1. The Morgan fingerprint density at radius 1 is 1.26 bits per heavy atom. The molecule has 8 atom stereocenters. The zero-order chi connectivity index (χ0) is 30.6. The number of carbonyl (C=O) groups is 3. The summed E-state index contributed by atoms with van der Waals surface area (Å²) in [5.74, 6) is -1.24. The molecule has 0 aliphatic heterocycles. The van der Waals surface area contributed by atoms with Crippen LogP contribution in [0.3, 0.4) is 0 Å². The summed E-state index contributed by atoms with van der Waals surface area (Å²) >= 11 is 6.94. The van der Waals surface area contributed by atoms with E-state index in [2.05, 4.69) is 37.4 Å². The van der Waals surface area contributed by atoms with Crippen molar-refractivity contribution in [3.05, 3.63) is 47.5 Å². The van der Waals surface area contributed by atoms with Crippen LogP contribution in [0.4, 0.5) is 5.95 Å². The van der Waals surface area contributed by atoms with Crippen molar-refractivity contribution in [1.82, 2.24) is 14.8 Å². The van der Waals surface area contributed by atoms with Crippen LogP contribution in [0.15, 0.2) is 42.1 Å². The molecule has 42 heavy (non-hydrogen) atoms. The first-order chi connectivity index (χ1) is 19.8. The Labute approximate surface area is 255 Å². The molecule has 2 bridgehead atoms. The van der Waals surface area contributed by atoms with E-state index < -0.39 is 34.9 Å². The number of ether oxygens (including phenoxy) is 1. The highest BCUT2D eigenvalue weighted by atomic mass is 35.5. The predicted molar refractivity (Wildman–Crippen MR) is 161 cm³/mol. The minimum Gasteiger partial charge on any atom is -0.461 e. The lowest BCUT2D eigenvalue weighted by molar-refractivity contribution is -0.205. The molecule has 0 unspecified atom stereocenters. The first-order valence-electron chi connectivity index (χ1n) is 14.5. The Bertz CT molecular complexity index is 1410. The summed E-state index contributed by atoms with van der Waals surface area (Å²) in [6.07, 6.45) is 3.78. The lowest BCUT2D eigenvalue weighted by Crippen LogP contribution is -2.63. The van der Waals surface area contributed by atoms with Gasteiger partial charge < -0.3 is 15.6 Å². The standard InChI is InChI=1S/C31H39ClN4O5S/c1-6-29(4)15-22(30(5)17(2)11-13-31(18(3)25(29)39)14-12-21(37)24(30)31)41-23(38)16-42-28-34-27(33)36(35-28)26(40)19-7-9-20(32)10-8-19/h6-10,17-18,22,24-25,39H,1,11-16H2,2-5H3,(H2,33,34,35)/t17-,18+,22-,24+,25+,29-,30+,31+/m1/s1. The van der Waals surface area contributed by atoms with Gasteiger partial charge in [0, 0.05) is 33.8 Å². The molecule has 1 aromatic heterocycles. The predicted octanol–water partition coefficient (Wildman–Crippen LogP) is 5.20. The quantitative estimate of drug-likeness (QED) is 0.255. The number of Topliss-reactive ketones (excluding diaryl/α,β-unsaturated/α-hetero) is 1. The molecule has 0 spiro atoms. The molecule has 226 valence electrons. The van der Waals surface area contributed by atoms with Crippen LogP contribution in [0, 0.1) is 34.0 Å². The number of thioether (sulfide) groups is 1. The van der Waals surface area contributed by atoms with Crippen LogP contribution in [0.5, 0.6) is 0 Å². The minimum absolute atomic E-state index is 0.0989. The second-order valence-electron chi connectivity index (χ2n) is 12.8. The number of nitrogens with two attached hydrogens (primary N) is 1. The van der Waals surface area contributed by atoms with Gasteiger partial charge in [-0.1, -0.05) is 57.1 Å². The van der Waals surface area contributed by atoms with Gasteiger partial charge in [0.1, 0.15) is 11.9 Å². The van der Waals surface area contributed by atoms with Crippen LogP contribution in [0.1, 0.15) is 70.2 Å². The van der Waals surface area contributed by atoms with E-state index in [0.717, 1.165) is 35.7 Å². The maximum Gasteiger partial charge on any atom is 0.316 e. The van der Waals surface area contributed by atoms with Gasteiger partial charge in [0.2, 0.25) is 11.1 Å². The maximum atomic E-state index is 13.6. The minimum atomic E-state index is -0.730. The van der Waals surface area contributed by atoms with Gasteiger partial charge in [-0.05, 0) is 67.2 Å². The maximum absolute atomic E-state index is 13.6. The molecular formula is C31H39ClN4O5S. The Morgan fingerprint density at radius 3 is 2.62 bits per heavy atom. The molecule has 2 aromatic rings. The molecule has 3 aliphatic carbocycles. The van der Waals surface area contributed by atoms with Gasteiger partial charge in [-0.25, -0.2) is 0 Å². The number of hydrogen-bond donors (Lipinski definition) is 2. The van der Waals surface area contributed by atoms with Crippen molar-refractivity contribution in [3.63, 3.8) is 0 Å². The van der Waals surface area contributed by atoms with E-state index in [1.165, 1.54) is 0 Å². The summed E-state index contributed by atoms with van der Waals surface area (Å²) in [5.41, 5.74) is 4.65. The molecule has 0 radical (unpaired) electrons. The second kappa shape index (κ2) is 11.1. The third-order valence-corrected chi connectivity index (χ3v) is 11.9. The van der Waals surface area contributed by atoms with E-state index >= 15 is 0 Å². The Hall–Kier alpha value is -2.69. The van der Waals surface area contributed by atoms with E-state index in [1.807, 2.05) is 6.92 Å². The summed E-state index contributed by atoms with van der Waals surface area (Å²) in [6, 6.07) is 6.32. The number of anilines is 1. The fourth-order valence-corrected chi connectivity index (χ4v) is 8.79. The molecular weight excluding hydrogens is 576 g/mol. The van der Waals surface area contributed by atoms with E-state index in [0.29, 0.717) is 23.4 Å². The van der Waals surface area contributed by atoms with Crippen LogP contribution < -0.4 is 5.73 Å². The average Bonchev–Trinajstić information content (AvgIpc) is 3.52. The number of hydrogen-bond acceptors (Lipinski definition) is 9. The van der Waals surface area contributed by atoms with Crippen LogP contribution >= 0.6 is 23.4 Å². The van der Waals surface area contributed by atoms with Gasteiger partial charge in [0.25, 0.3) is 5.91 Å². The van der Waals surface area contributed by atoms with Gasteiger partial charge in [0.05, 0.1) is 11.9 Å².